The summed E-state index contributed by atoms with van der Waals surface area (Å²) in [6.45, 7) is 7.51. The van der Waals surface area contributed by atoms with Crippen LogP contribution in [0.25, 0.3) is 0 Å². The van der Waals surface area contributed by atoms with Crippen LogP contribution >= 0.6 is 0 Å². The van der Waals surface area contributed by atoms with Crippen molar-refractivity contribution in [1.29, 1.82) is 0 Å². The van der Waals surface area contributed by atoms with Gasteiger partial charge in [-0.3, -0.25) is 4.79 Å². The first kappa shape index (κ1) is 15.4. The lowest BCUT2D eigenvalue weighted by atomic mass is 9.88. The van der Waals surface area contributed by atoms with Gasteiger partial charge in [0.05, 0.1) is 12.0 Å². The van der Waals surface area contributed by atoms with Crippen molar-refractivity contribution in [3.05, 3.63) is 0 Å². The van der Waals surface area contributed by atoms with Crippen LogP contribution in [0.15, 0.2) is 0 Å². The highest BCUT2D eigenvalue weighted by atomic mass is 16.5. The van der Waals surface area contributed by atoms with Crippen molar-refractivity contribution >= 4 is 5.91 Å². The second-order valence-corrected chi connectivity index (χ2v) is 5.92. The highest BCUT2D eigenvalue weighted by molar-refractivity contribution is 5.77. The van der Waals surface area contributed by atoms with Gasteiger partial charge in [0.2, 0.25) is 5.91 Å². The average Bonchev–Trinajstić information content (AvgIpc) is 2.37. The zero-order valence-electron chi connectivity index (χ0n) is 12.2. The maximum absolute atomic E-state index is 12.3. The largest absolute Gasteiger partial charge is 0.378 e. The molecule has 1 aliphatic heterocycles. The molecule has 0 bridgehead atoms. The quantitative estimate of drug-likeness (QED) is 0.815. The van der Waals surface area contributed by atoms with Crippen LogP contribution < -0.4 is 5.73 Å². The molecule has 2 atom stereocenters. The van der Waals surface area contributed by atoms with E-state index in [2.05, 4.69) is 6.92 Å². The zero-order chi connectivity index (χ0) is 13.8. The molecular weight excluding hydrogens is 228 g/mol. The molecule has 1 amide bonds. The summed E-state index contributed by atoms with van der Waals surface area (Å²) in [7, 11) is 1.65. The number of amides is 1. The molecule has 18 heavy (non-hydrogen) atoms. The van der Waals surface area contributed by atoms with E-state index in [1.807, 2.05) is 18.7 Å². The van der Waals surface area contributed by atoms with Gasteiger partial charge in [0.25, 0.3) is 0 Å². The second kappa shape index (κ2) is 6.53. The monoisotopic (exact) mass is 256 g/mol. The van der Waals surface area contributed by atoms with Crippen LogP contribution in [-0.4, -0.2) is 42.6 Å². The summed E-state index contributed by atoms with van der Waals surface area (Å²) >= 11 is 0. The van der Waals surface area contributed by atoms with E-state index in [0.717, 1.165) is 25.3 Å². The van der Waals surface area contributed by atoms with E-state index in [1.54, 1.807) is 7.11 Å². The molecule has 1 aliphatic rings. The number of piperidine rings is 1. The lowest BCUT2D eigenvalue weighted by Gasteiger charge is -2.40. The molecule has 0 aliphatic carbocycles. The minimum Gasteiger partial charge on any atom is -0.378 e. The lowest BCUT2D eigenvalue weighted by molar-refractivity contribution is -0.140. The van der Waals surface area contributed by atoms with Crippen molar-refractivity contribution in [1.82, 2.24) is 4.90 Å². The molecular formula is C14H28N2O2. The topological polar surface area (TPSA) is 55.6 Å². The van der Waals surface area contributed by atoms with Crippen molar-refractivity contribution in [2.75, 3.05) is 20.2 Å². The highest BCUT2D eigenvalue weighted by Gasteiger charge is 2.32. The molecule has 106 valence electrons. The summed E-state index contributed by atoms with van der Waals surface area (Å²) < 4.78 is 5.33. The van der Waals surface area contributed by atoms with Crippen molar-refractivity contribution in [3.8, 4) is 0 Å². The van der Waals surface area contributed by atoms with E-state index in [-0.39, 0.29) is 11.9 Å². The number of nitrogens with zero attached hydrogens (tertiary/aromatic N) is 1. The normalized spacial score (nSPS) is 25.3. The van der Waals surface area contributed by atoms with Gasteiger partial charge in [-0.25, -0.2) is 0 Å². The van der Waals surface area contributed by atoms with Gasteiger partial charge in [0.15, 0.2) is 0 Å². The summed E-state index contributed by atoms with van der Waals surface area (Å²) in [5.41, 5.74) is 5.43. The van der Waals surface area contributed by atoms with Crippen LogP contribution in [0.5, 0.6) is 0 Å². The molecule has 0 saturated carbocycles. The van der Waals surface area contributed by atoms with Gasteiger partial charge in [-0.1, -0.05) is 13.3 Å². The first-order chi connectivity index (χ1) is 8.43. The minimum atomic E-state index is -0.391. The Kier molecular flexibility index (Phi) is 5.60. The van der Waals surface area contributed by atoms with Gasteiger partial charge in [0.1, 0.15) is 0 Å². The van der Waals surface area contributed by atoms with Crippen molar-refractivity contribution in [2.24, 2.45) is 11.7 Å². The van der Waals surface area contributed by atoms with Crippen LogP contribution in [0.3, 0.4) is 0 Å². The van der Waals surface area contributed by atoms with Gasteiger partial charge in [-0.05, 0) is 32.6 Å². The van der Waals surface area contributed by atoms with Gasteiger partial charge in [0, 0.05) is 26.2 Å². The van der Waals surface area contributed by atoms with Crippen LogP contribution in [-0.2, 0) is 9.53 Å². The predicted octanol–water partition coefficient (Wildman–Crippen LogP) is 1.78. The maximum Gasteiger partial charge on any atom is 0.225 e. The first-order valence-electron chi connectivity index (χ1n) is 6.98. The number of methoxy groups -OCH3 is 1. The van der Waals surface area contributed by atoms with Gasteiger partial charge >= 0.3 is 0 Å². The molecule has 0 aromatic rings. The Bertz CT molecular complexity index is 279. The fraction of sp³-hybridized carbons (Fsp3) is 0.929. The van der Waals surface area contributed by atoms with Crippen LogP contribution in [0, 0.1) is 5.92 Å². The molecule has 0 aromatic heterocycles. The van der Waals surface area contributed by atoms with E-state index in [4.69, 9.17) is 10.5 Å². The maximum atomic E-state index is 12.3. The standard InChI is InChI=1S/C14H28N2O2/c1-5-11-6-7-16(12(8-11)10-15)13(17)9-14(2,3)18-4/h11-12H,5-10,15H2,1-4H3. The summed E-state index contributed by atoms with van der Waals surface area (Å²) in [5.74, 6) is 0.893. The molecule has 1 heterocycles. The van der Waals surface area contributed by atoms with Crippen LogP contribution in [0.4, 0.5) is 0 Å². The summed E-state index contributed by atoms with van der Waals surface area (Å²) in [5, 5.41) is 0. The third-order valence-corrected chi connectivity index (χ3v) is 4.12. The molecule has 4 nitrogen and oxygen atoms in total. The molecule has 0 aromatic carbocycles. The van der Waals surface area contributed by atoms with Crippen LogP contribution in [0.2, 0.25) is 0 Å². The van der Waals surface area contributed by atoms with Gasteiger partial charge < -0.3 is 15.4 Å². The molecule has 0 radical (unpaired) electrons. The summed E-state index contributed by atoms with van der Waals surface area (Å²) in [6, 6.07) is 0.212. The van der Waals surface area contributed by atoms with E-state index < -0.39 is 5.60 Å². The number of hydrogen-bond donors (Lipinski definition) is 1. The number of rotatable bonds is 5. The van der Waals surface area contributed by atoms with Crippen molar-refractivity contribution in [2.45, 2.75) is 58.1 Å². The van der Waals surface area contributed by atoms with Gasteiger partial charge in [-0.15, -0.1) is 0 Å². The fourth-order valence-electron chi connectivity index (χ4n) is 2.59. The van der Waals surface area contributed by atoms with E-state index >= 15 is 0 Å². The Balaban J connectivity index is 2.62. The number of hydrogen-bond acceptors (Lipinski definition) is 3. The molecule has 1 saturated heterocycles. The minimum absolute atomic E-state index is 0.173. The van der Waals surface area contributed by atoms with E-state index in [1.165, 1.54) is 6.42 Å². The molecule has 2 N–H and O–H groups in total. The van der Waals surface area contributed by atoms with E-state index in [0.29, 0.717) is 13.0 Å². The highest BCUT2D eigenvalue weighted by Crippen LogP contribution is 2.26. The molecule has 0 spiro atoms. The van der Waals surface area contributed by atoms with Crippen LogP contribution in [0.1, 0.15) is 46.5 Å². The Hall–Kier alpha value is -0.610. The number of likely N-dealkylation sites (tertiary alicyclic amines) is 1. The molecule has 4 heteroatoms. The fourth-order valence-corrected chi connectivity index (χ4v) is 2.59. The van der Waals surface area contributed by atoms with Gasteiger partial charge in [-0.2, -0.15) is 0 Å². The van der Waals surface area contributed by atoms with Crippen molar-refractivity contribution in [3.63, 3.8) is 0 Å². The zero-order valence-corrected chi connectivity index (χ0v) is 12.2. The molecule has 2 unspecified atom stereocenters. The predicted molar refractivity (Wildman–Crippen MR) is 73.3 cm³/mol. The Morgan fingerprint density at radius 1 is 1.50 bits per heavy atom. The number of ether oxygens (including phenoxy) is 1. The Labute approximate surface area is 111 Å². The Morgan fingerprint density at radius 2 is 2.17 bits per heavy atom. The summed E-state index contributed by atoms with van der Waals surface area (Å²) in [4.78, 5) is 14.3. The second-order valence-electron chi connectivity index (χ2n) is 5.92. The number of carbonyl (C=O) groups is 1. The lowest BCUT2D eigenvalue weighted by Crippen LogP contribution is -2.51. The summed E-state index contributed by atoms with van der Waals surface area (Å²) in [6.07, 6.45) is 3.76. The number of nitrogens with two attached hydrogens (primary N) is 1. The first-order valence-corrected chi connectivity index (χ1v) is 6.98. The average molecular weight is 256 g/mol. The SMILES string of the molecule is CCC1CCN(C(=O)CC(C)(C)OC)C(CN)C1. The Morgan fingerprint density at radius 3 is 2.67 bits per heavy atom. The molecule has 1 rings (SSSR count). The third kappa shape index (κ3) is 3.95. The van der Waals surface area contributed by atoms with E-state index in [9.17, 15) is 4.79 Å². The smallest absolute Gasteiger partial charge is 0.225 e. The van der Waals surface area contributed by atoms with Crippen molar-refractivity contribution < 1.29 is 9.53 Å². The number of carbonyl (C=O) groups excluding carboxylic acids is 1. The third-order valence-electron chi connectivity index (χ3n) is 4.12. The molecule has 1 fully saturated rings.